The Bertz CT molecular complexity index is 137. The molecule has 2 N–H and O–H groups in total. The van der Waals surface area contributed by atoms with E-state index in [2.05, 4.69) is 39.8 Å². The van der Waals surface area contributed by atoms with Crippen LogP contribution in [0.3, 0.4) is 0 Å². The third kappa shape index (κ3) is 6.11. The van der Waals surface area contributed by atoms with Gasteiger partial charge in [0.2, 0.25) is 0 Å². The molecule has 0 unspecified atom stereocenters. The Hall–Kier alpha value is -0.300. The highest BCUT2D eigenvalue weighted by Crippen LogP contribution is 2.27. The maximum Gasteiger partial charge on any atom is 0.0105 e. The van der Waals surface area contributed by atoms with Crippen LogP contribution in [-0.4, -0.2) is 5.54 Å². The molecule has 0 aliphatic rings. The molecule has 0 aromatic rings. The van der Waals surface area contributed by atoms with Gasteiger partial charge in [0.25, 0.3) is 0 Å². The van der Waals surface area contributed by atoms with Crippen LogP contribution < -0.4 is 5.73 Å². The predicted molar refractivity (Wildman–Crippen MR) is 51.5 cm³/mol. The van der Waals surface area contributed by atoms with Crippen LogP contribution in [0.1, 0.15) is 41.0 Å². The SMILES string of the molecule is C/C=C\C(C)(C)CC(C)(C)N. The van der Waals surface area contributed by atoms with Crippen molar-refractivity contribution in [3.05, 3.63) is 12.2 Å². The fourth-order valence-corrected chi connectivity index (χ4v) is 1.68. The molecule has 0 atom stereocenters. The van der Waals surface area contributed by atoms with Crippen LogP contribution in [0.5, 0.6) is 0 Å². The second-order valence-electron chi connectivity index (χ2n) is 4.65. The van der Waals surface area contributed by atoms with Gasteiger partial charge in [0, 0.05) is 5.54 Å². The standard InChI is InChI=1S/C10H21N/c1-6-7-9(2,3)8-10(4,5)11/h6-7H,8,11H2,1-5H3/b7-6-. The number of hydrogen-bond donors (Lipinski definition) is 1. The fourth-order valence-electron chi connectivity index (χ4n) is 1.68. The summed E-state index contributed by atoms with van der Waals surface area (Å²) in [4.78, 5) is 0. The van der Waals surface area contributed by atoms with Crippen LogP contribution in [0.15, 0.2) is 12.2 Å². The van der Waals surface area contributed by atoms with Gasteiger partial charge in [-0.05, 0) is 32.6 Å². The van der Waals surface area contributed by atoms with Gasteiger partial charge in [0.05, 0.1) is 0 Å². The van der Waals surface area contributed by atoms with Gasteiger partial charge in [0.1, 0.15) is 0 Å². The normalized spacial score (nSPS) is 14.4. The lowest BCUT2D eigenvalue weighted by Gasteiger charge is -2.29. The average molecular weight is 155 g/mol. The van der Waals surface area contributed by atoms with E-state index in [1.165, 1.54) is 0 Å². The van der Waals surface area contributed by atoms with Crippen molar-refractivity contribution in [1.29, 1.82) is 0 Å². The Morgan fingerprint density at radius 1 is 1.18 bits per heavy atom. The largest absolute Gasteiger partial charge is 0.326 e. The molecule has 1 heteroatoms. The lowest BCUT2D eigenvalue weighted by Crippen LogP contribution is -2.36. The first kappa shape index (κ1) is 10.7. The van der Waals surface area contributed by atoms with E-state index >= 15 is 0 Å². The summed E-state index contributed by atoms with van der Waals surface area (Å²) in [7, 11) is 0. The van der Waals surface area contributed by atoms with Crippen LogP contribution in [0.2, 0.25) is 0 Å². The van der Waals surface area contributed by atoms with Crippen molar-refractivity contribution >= 4 is 0 Å². The van der Waals surface area contributed by atoms with Gasteiger partial charge in [-0.15, -0.1) is 0 Å². The molecule has 0 aliphatic heterocycles. The van der Waals surface area contributed by atoms with Crippen LogP contribution in [0.25, 0.3) is 0 Å². The van der Waals surface area contributed by atoms with Gasteiger partial charge in [-0.3, -0.25) is 0 Å². The first-order valence-corrected chi connectivity index (χ1v) is 4.20. The van der Waals surface area contributed by atoms with E-state index in [1.807, 2.05) is 6.92 Å². The third-order valence-electron chi connectivity index (χ3n) is 1.53. The smallest absolute Gasteiger partial charge is 0.0105 e. The number of nitrogens with two attached hydrogens (primary N) is 1. The molecule has 0 aromatic heterocycles. The lowest BCUT2D eigenvalue weighted by molar-refractivity contribution is 0.323. The minimum absolute atomic E-state index is 0.0665. The highest BCUT2D eigenvalue weighted by atomic mass is 14.7. The van der Waals surface area contributed by atoms with Crippen molar-refractivity contribution in [3.63, 3.8) is 0 Å². The van der Waals surface area contributed by atoms with Crippen molar-refractivity contribution in [3.8, 4) is 0 Å². The first-order chi connectivity index (χ1) is 4.77. The molecule has 0 heterocycles. The Morgan fingerprint density at radius 2 is 1.64 bits per heavy atom. The van der Waals surface area contributed by atoms with Gasteiger partial charge in [-0.1, -0.05) is 26.0 Å². The van der Waals surface area contributed by atoms with Crippen molar-refractivity contribution in [2.24, 2.45) is 11.1 Å². The minimum atomic E-state index is -0.0665. The van der Waals surface area contributed by atoms with Crippen molar-refractivity contribution in [2.75, 3.05) is 0 Å². The number of allylic oxidation sites excluding steroid dienone is 2. The number of rotatable bonds is 3. The maximum absolute atomic E-state index is 5.92. The maximum atomic E-state index is 5.92. The molecule has 11 heavy (non-hydrogen) atoms. The monoisotopic (exact) mass is 155 g/mol. The molecule has 0 fully saturated rings. The van der Waals surface area contributed by atoms with E-state index in [9.17, 15) is 0 Å². The Labute approximate surface area is 70.7 Å². The molecule has 0 saturated carbocycles. The van der Waals surface area contributed by atoms with Gasteiger partial charge >= 0.3 is 0 Å². The zero-order chi connectivity index (χ0) is 9.12. The molecular weight excluding hydrogens is 134 g/mol. The minimum Gasteiger partial charge on any atom is -0.326 e. The topological polar surface area (TPSA) is 26.0 Å². The van der Waals surface area contributed by atoms with Crippen molar-refractivity contribution in [2.45, 2.75) is 46.6 Å². The van der Waals surface area contributed by atoms with Crippen LogP contribution in [-0.2, 0) is 0 Å². The molecule has 66 valence electrons. The Morgan fingerprint density at radius 3 is 1.91 bits per heavy atom. The van der Waals surface area contributed by atoms with E-state index < -0.39 is 0 Å². The van der Waals surface area contributed by atoms with Crippen LogP contribution >= 0.6 is 0 Å². The molecule has 0 amide bonds. The summed E-state index contributed by atoms with van der Waals surface area (Å²) in [6.07, 6.45) is 5.32. The molecule has 1 nitrogen and oxygen atoms in total. The Balaban J connectivity index is 4.13. The lowest BCUT2D eigenvalue weighted by atomic mass is 9.80. The number of hydrogen-bond acceptors (Lipinski definition) is 1. The molecule has 0 bridgehead atoms. The zero-order valence-electron chi connectivity index (χ0n) is 8.44. The summed E-state index contributed by atoms with van der Waals surface area (Å²) in [5.41, 5.74) is 6.08. The van der Waals surface area contributed by atoms with E-state index in [0.29, 0.717) is 0 Å². The van der Waals surface area contributed by atoms with Crippen LogP contribution in [0.4, 0.5) is 0 Å². The molecule has 0 aromatic carbocycles. The summed E-state index contributed by atoms with van der Waals surface area (Å²) in [5, 5.41) is 0. The molecular formula is C10H21N. The molecule has 0 aliphatic carbocycles. The first-order valence-electron chi connectivity index (χ1n) is 4.20. The van der Waals surface area contributed by atoms with Gasteiger partial charge in [0.15, 0.2) is 0 Å². The van der Waals surface area contributed by atoms with Crippen LogP contribution in [0, 0.1) is 5.41 Å². The summed E-state index contributed by atoms with van der Waals surface area (Å²) in [6.45, 7) is 10.6. The molecule has 0 spiro atoms. The highest BCUT2D eigenvalue weighted by Gasteiger charge is 2.22. The second kappa shape index (κ2) is 3.40. The highest BCUT2D eigenvalue weighted by molar-refractivity contribution is 4.96. The van der Waals surface area contributed by atoms with E-state index in [0.717, 1.165) is 6.42 Å². The summed E-state index contributed by atoms with van der Waals surface area (Å²) in [5.74, 6) is 0. The van der Waals surface area contributed by atoms with E-state index in [4.69, 9.17) is 5.73 Å². The van der Waals surface area contributed by atoms with E-state index in [1.54, 1.807) is 0 Å². The quantitative estimate of drug-likeness (QED) is 0.623. The van der Waals surface area contributed by atoms with Crippen molar-refractivity contribution < 1.29 is 0 Å². The average Bonchev–Trinajstić information content (AvgIpc) is 1.55. The van der Waals surface area contributed by atoms with E-state index in [-0.39, 0.29) is 11.0 Å². The van der Waals surface area contributed by atoms with Gasteiger partial charge in [-0.25, -0.2) is 0 Å². The second-order valence-corrected chi connectivity index (χ2v) is 4.65. The van der Waals surface area contributed by atoms with Gasteiger partial charge < -0.3 is 5.73 Å². The zero-order valence-corrected chi connectivity index (χ0v) is 8.44. The summed E-state index contributed by atoms with van der Waals surface area (Å²) >= 11 is 0. The molecule has 0 rings (SSSR count). The summed E-state index contributed by atoms with van der Waals surface area (Å²) < 4.78 is 0. The van der Waals surface area contributed by atoms with Gasteiger partial charge in [-0.2, -0.15) is 0 Å². The predicted octanol–water partition coefficient (Wildman–Crippen LogP) is 2.72. The third-order valence-corrected chi connectivity index (χ3v) is 1.53. The molecule has 0 radical (unpaired) electrons. The Kier molecular flexibility index (Phi) is 3.30. The molecule has 0 saturated heterocycles. The fraction of sp³-hybridized carbons (Fsp3) is 0.800. The summed E-state index contributed by atoms with van der Waals surface area (Å²) in [6, 6.07) is 0. The van der Waals surface area contributed by atoms with Crippen molar-refractivity contribution in [1.82, 2.24) is 0 Å².